The molecule has 0 bridgehead atoms. The van der Waals surface area contributed by atoms with Crippen LogP contribution in [0.3, 0.4) is 0 Å². The van der Waals surface area contributed by atoms with Crippen molar-refractivity contribution in [2.75, 3.05) is 6.54 Å². The molecule has 0 saturated carbocycles. The Morgan fingerprint density at radius 3 is 2.80 bits per heavy atom. The van der Waals surface area contributed by atoms with Crippen LogP contribution < -0.4 is 5.32 Å². The third kappa shape index (κ3) is 4.28. The molecule has 1 aliphatic rings. The van der Waals surface area contributed by atoms with Gasteiger partial charge in [-0.25, -0.2) is 0 Å². The summed E-state index contributed by atoms with van der Waals surface area (Å²) in [5.74, 6) is 0.491. The van der Waals surface area contributed by atoms with Crippen LogP contribution in [-0.2, 0) is 22.4 Å². The summed E-state index contributed by atoms with van der Waals surface area (Å²) in [7, 11) is 0. The van der Waals surface area contributed by atoms with Gasteiger partial charge >= 0.3 is 0 Å². The Hall–Kier alpha value is -2.14. The summed E-state index contributed by atoms with van der Waals surface area (Å²) in [5, 5.41) is 6.73. The lowest BCUT2D eigenvalue weighted by molar-refractivity contribution is -0.135. The molecule has 1 aromatic carbocycles. The third-order valence-electron chi connectivity index (χ3n) is 5.13. The summed E-state index contributed by atoms with van der Waals surface area (Å²) in [6.45, 7) is 2.89. The van der Waals surface area contributed by atoms with Crippen LogP contribution in [0.4, 0.5) is 0 Å². The number of nitrogens with one attached hydrogen (secondary N) is 1. The molecular weight excluding hydrogens is 332 g/mol. The number of carbonyl (C=O) groups excluding carboxylic acids is 2. The van der Waals surface area contributed by atoms with E-state index in [0.29, 0.717) is 18.7 Å². The number of rotatable bonds is 7. The molecule has 3 unspecified atom stereocenters. The highest BCUT2D eigenvalue weighted by molar-refractivity contribution is 7.07. The highest BCUT2D eigenvalue weighted by Crippen LogP contribution is 2.28. The van der Waals surface area contributed by atoms with Gasteiger partial charge in [0.15, 0.2) is 0 Å². The zero-order valence-corrected chi connectivity index (χ0v) is 15.2. The van der Waals surface area contributed by atoms with E-state index in [4.69, 9.17) is 0 Å². The van der Waals surface area contributed by atoms with Crippen molar-refractivity contribution >= 4 is 23.7 Å². The van der Waals surface area contributed by atoms with Crippen molar-refractivity contribution in [1.29, 1.82) is 0 Å². The number of carbonyl (C=O) groups is 2. The normalized spacial score (nSPS) is 21.1. The number of hydrogen-bond donors (Lipinski definition) is 1. The van der Waals surface area contributed by atoms with E-state index in [-0.39, 0.29) is 11.9 Å². The standard InChI is InChI=1S/C20H24N2O2S/c1-15-18(11-16-5-3-2-4-6-16)7-9-22(15)20(24)19(21-14-23)12-17-8-10-25-13-17/h2-6,8,10,13-15,18-19H,7,9,11-12H2,1H3,(H,21,23). The minimum absolute atomic E-state index is 0.0290. The topological polar surface area (TPSA) is 49.4 Å². The minimum atomic E-state index is -0.481. The highest BCUT2D eigenvalue weighted by Gasteiger charge is 2.36. The molecular formula is C20H24N2O2S. The summed E-state index contributed by atoms with van der Waals surface area (Å²) in [6.07, 6.45) is 3.18. The van der Waals surface area contributed by atoms with Crippen LogP contribution in [0.25, 0.3) is 0 Å². The molecule has 3 atom stereocenters. The molecule has 1 aromatic heterocycles. The number of likely N-dealkylation sites (tertiary alicyclic amines) is 1. The molecule has 2 heterocycles. The van der Waals surface area contributed by atoms with E-state index in [1.807, 2.05) is 27.8 Å². The van der Waals surface area contributed by atoms with Crippen molar-refractivity contribution in [3.05, 3.63) is 58.3 Å². The lowest BCUT2D eigenvalue weighted by Gasteiger charge is -2.28. The van der Waals surface area contributed by atoms with Crippen molar-refractivity contribution in [2.45, 2.75) is 38.3 Å². The Bertz CT molecular complexity index is 687. The van der Waals surface area contributed by atoms with E-state index < -0.39 is 6.04 Å². The van der Waals surface area contributed by atoms with Crippen LogP contribution >= 0.6 is 11.3 Å². The van der Waals surface area contributed by atoms with Crippen molar-refractivity contribution in [1.82, 2.24) is 10.2 Å². The fraction of sp³-hybridized carbons (Fsp3) is 0.400. The molecule has 5 heteroatoms. The molecule has 0 radical (unpaired) electrons. The highest BCUT2D eigenvalue weighted by atomic mass is 32.1. The van der Waals surface area contributed by atoms with Crippen LogP contribution in [0.1, 0.15) is 24.5 Å². The van der Waals surface area contributed by atoms with E-state index >= 15 is 0 Å². The fourth-order valence-electron chi connectivity index (χ4n) is 3.65. The molecule has 25 heavy (non-hydrogen) atoms. The van der Waals surface area contributed by atoms with Crippen LogP contribution in [0, 0.1) is 5.92 Å². The summed E-state index contributed by atoms with van der Waals surface area (Å²) in [5.41, 5.74) is 2.40. The number of thiophene rings is 1. The molecule has 1 saturated heterocycles. The quantitative estimate of drug-likeness (QED) is 0.776. The van der Waals surface area contributed by atoms with Crippen LogP contribution in [-0.4, -0.2) is 35.8 Å². The summed E-state index contributed by atoms with van der Waals surface area (Å²) in [6, 6.07) is 12.1. The van der Waals surface area contributed by atoms with Crippen molar-refractivity contribution in [3.8, 4) is 0 Å². The zero-order valence-electron chi connectivity index (χ0n) is 14.4. The average molecular weight is 356 g/mol. The number of hydrogen-bond acceptors (Lipinski definition) is 3. The third-order valence-corrected chi connectivity index (χ3v) is 5.86. The van der Waals surface area contributed by atoms with Gasteiger partial charge in [-0.1, -0.05) is 30.3 Å². The maximum absolute atomic E-state index is 13.0. The Kier molecular flexibility index (Phi) is 5.87. The van der Waals surface area contributed by atoms with Gasteiger partial charge in [-0.15, -0.1) is 0 Å². The zero-order chi connectivity index (χ0) is 17.6. The van der Waals surface area contributed by atoms with Gasteiger partial charge in [0, 0.05) is 19.0 Å². The number of amides is 2. The first kappa shape index (κ1) is 17.7. The lowest BCUT2D eigenvalue weighted by atomic mass is 9.93. The minimum Gasteiger partial charge on any atom is -0.347 e. The lowest BCUT2D eigenvalue weighted by Crippen LogP contribution is -2.49. The maximum atomic E-state index is 13.0. The molecule has 1 aliphatic heterocycles. The molecule has 3 rings (SSSR count). The van der Waals surface area contributed by atoms with Crippen molar-refractivity contribution in [2.24, 2.45) is 5.92 Å². The SMILES string of the molecule is CC1C(Cc2ccccc2)CCN1C(=O)C(Cc1ccsc1)NC=O. The predicted molar refractivity (Wildman–Crippen MR) is 100 cm³/mol. The summed E-state index contributed by atoms with van der Waals surface area (Å²) < 4.78 is 0. The molecule has 1 fully saturated rings. The second-order valence-electron chi connectivity index (χ2n) is 6.68. The molecule has 2 aromatic rings. The van der Waals surface area contributed by atoms with Gasteiger partial charge in [0.2, 0.25) is 12.3 Å². The van der Waals surface area contributed by atoms with E-state index in [2.05, 4.69) is 36.5 Å². The number of nitrogens with zero attached hydrogens (tertiary/aromatic N) is 1. The van der Waals surface area contributed by atoms with Gasteiger partial charge in [0.1, 0.15) is 6.04 Å². The second-order valence-corrected chi connectivity index (χ2v) is 7.46. The van der Waals surface area contributed by atoms with E-state index in [9.17, 15) is 9.59 Å². The molecule has 2 amide bonds. The molecule has 4 nitrogen and oxygen atoms in total. The van der Waals surface area contributed by atoms with Gasteiger partial charge in [-0.3, -0.25) is 9.59 Å². The maximum Gasteiger partial charge on any atom is 0.245 e. The van der Waals surface area contributed by atoms with Gasteiger partial charge < -0.3 is 10.2 Å². The predicted octanol–water partition coefficient (Wildman–Crippen LogP) is 2.88. The van der Waals surface area contributed by atoms with Gasteiger partial charge in [-0.05, 0) is 53.6 Å². The fourth-order valence-corrected chi connectivity index (χ4v) is 4.33. The molecule has 132 valence electrons. The van der Waals surface area contributed by atoms with E-state index in [1.54, 1.807) is 11.3 Å². The monoisotopic (exact) mass is 356 g/mol. The van der Waals surface area contributed by atoms with E-state index in [1.165, 1.54) is 5.56 Å². The van der Waals surface area contributed by atoms with Crippen molar-refractivity contribution < 1.29 is 9.59 Å². The first-order chi connectivity index (χ1) is 12.2. The van der Waals surface area contributed by atoms with Crippen LogP contribution in [0.15, 0.2) is 47.2 Å². The van der Waals surface area contributed by atoms with Gasteiger partial charge in [0.25, 0.3) is 0 Å². The summed E-state index contributed by atoms with van der Waals surface area (Å²) in [4.78, 5) is 25.9. The van der Waals surface area contributed by atoms with Crippen LogP contribution in [0.5, 0.6) is 0 Å². The largest absolute Gasteiger partial charge is 0.347 e. The Morgan fingerprint density at radius 1 is 1.32 bits per heavy atom. The number of benzene rings is 1. The average Bonchev–Trinajstić information content (AvgIpc) is 3.26. The van der Waals surface area contributed by atoms with E-state index in [0.717, 1.165) is 24.9 Å². The second kappa shape index (κ2) is 8.30. The van der Waals surface area contributed by atoms with Gasteiger partial charge in [-0.2, -0.15) is 11.3 Å². The first-order valence-corrected chi connectivity index (χ1v) is 9.68. The van der Waals surface area contributed by atoms with Crippen molar-refractivity contribution in [3.63, 3.8) is 0 Å². The van der Waals surface area contributed by atoms with Crippen LogP contribution in [0.2, 0.25) is 0 Å². The first-order valence-electron chi connectivity index (χ1n) is 8.74. The Balaban J connectivity index is 1.65. The molecule has 0 aliphatic carbocycles. The molecule has 0 spiro atoms. The Morgan fingerprint density at radius 2 is 2.12 bits per heavy atom. The molecule has 1 N–H and O–H groups in total. The Labute approximate surface area is 152 Å². The smallest absolute Gasteiger partial charge is 0.245 e. The summed E-state index contributed by atoms with van der Waals surface area (Å²) >= 11 is 1.60. The van der Waals surface area contributed by atoms with Gasteiger partial charge in [0.05, 0.1) is 0 Å².